The Morgan fingerprint density at radius 3 is 2.48 bits per heavy atom. The standard InChI is InChI=1S/C16H22N4S/c1-5-14-19-15(17-6-2)11(3)16(20-14)18-12-9-7-8-10-13(12)21-4/h7-10H,5-6H2,1-4H3,(H2,17,18,19,20). The van der Waals surface area contributed by atoms with Crippen LogP contribution in [-0.4, -0.2) is 22.8 Å². The second kappa shape index (κ2) is 7.31. The van der Waals surface area contributed by atoms with Crippen LogP contribution in [-0.2, 0) is 6.42 Å². The highest BCUT2D eigenvalue weighted by Gasteiger charge is 2.11. The van der Waals surface area contributed by atoms with Crippen LogP contribution < -0.4 is 10.6 Å². The lowest BCUT2D eigenvalue weighted by Crippen LogP contribution is -2.09. The number of hydrogen-bond acceptors (Lipinski definition) is 5. The van der Waals surface area contributed by atoms with E-state index < -0.39 is 0 Å². The Hall–Kier alpha value is -1.75. The quantitative estimate of drug-likeness (QED) is 0.781. The highest BCUT2D eigenvalue weighted by atomic mass is 32.2. The molecule has 0 atom stereocenters. The summed E-state index contributed by atoms with van der Waals surface area (Å²) >= 11 is 1.72. The molecule has 0 saturated carbocycles. The average Bonchev–Trinajstić information content (AvgIpc) is 2.51. The third-order valence-corrected chi connectivity index (χ3v) is 4.01. The lowest BCUT2D eigenvalue weighted by atomic mass is 10.2. The molecule has 1 aromatic heterocycles. The van der Waals surface area contributed by atoms with Crippen molar-refractivity contribution in [2.75, 3.05) is 23.4 Å². The molecule has 21 heavy (non-hydrogen) atoms. The van der Waals surface area contributed by atoms with Crippen molar-refractivity contribution in [3.8, 4) is 0 Å². The van der Waals surface area contributed by atoms with Crippen LogP contribution in [0, 0.1) is 6.92 Å². The first kappa shape index (κ1) is 15.6. The molecule has 0 amide bonds. The second-order valence-electron chi connectivity index (χ2n) is 4.67. The molecule has 0 aliphatic rings. The number of aromatic nitrogens is 2. The van der Waals surface area contributed by atoms with Crippen LogP contribution in [0.4, 0.5) is 17.3 Å². The van der Waals surface area contributed by atoms with Gasteiger partial charge in [0, 0.05) is 23.4 Å². The SMILES string of the molecule is CCNc1nc(CC)nc(Nc2ccccc2SC)c1C. The number of hydrogen-bond donors (Lipinski definition) is 2. The van der Waals surface area contributed by atoms with Crippen molar-refractivity contribution >= 4 is 29.1 Å². The molecule has 0 spiro atoms. The topological polar surface area (TPSA) is 49.8 Å². The van der Waals surface area contributed by atoms with E-state index in [9.17, 15) is 0 Å². The van der Waals surface area contributed by atoms with Crippen molar-refractivity contribution in [2.45, 2.75) is 32.1 Å². The van der Waals surface area contributed by atoms with E-state index in [1.807, 2.05) is 19.1 Å². The van der Waals surface area contributed by atoms with E-state index in [1.165, 1.54) is 4.90 Å². The number of benzene rings is 1. The molecule has 0 bridgehead atoms. The smallest absolute Gasteiger partial charge is 0.139 e. The molecular weight excluding hydrogens is 280 g/mol. The molecule has 4 nitrogen and oxygen atoms in total. The largest absolute Gasteiger partial charge is 0.370 e. The highest BCUT2D eigenvalue weighted by Crippen LogP contribution is 2.29. The second-order valence-corrected chi connectivity index (χ2v) is 5.52. The number of thioether (sulfide) groups is 1. The van der Waals surface area contributed by atoms with Gasteiger partial charge in [-0.1, -0.05) is 19.1 Å². The molecule has 1 aromatic carbocycles. The van der Waals surface area contributed by atoms with E-state index in [1.54, 1.807) is 11.8 Å². The van der Waals surface area contributed by atoms with Crippen molar-refractivity contribution in [1.82, 2.24) is 9.97 Å². The number of para-hydroxylation sites is 1. The maximum absolute atomic E-state index is 4.63. The van der Waals surface area contributed by atoms with Gasteiger partial charge in [0.25, 0.3) is 0 Å². The van der Waals surface area contributed by atoms with Crippen LogP contribution in [0.2, 0.25) is 0 Å². The van der Waals surface area contributed by atoms with Crippen LogP contribution in [0.25, 0.3) is 0 Å². The summed E-state index contributed by atoms with van der Waals surface area (Å²) in [7, 11) is 0. The first-order valence-electron chi connectivity index (χ1n) is 7.21. The van der Waals surface area contributed by atoms with E-state index >= 15 is 0 Å². The van der Waals surface area contributed by atoms with E-state index in [2.05, 4.69) is 52.8 Å². The molecule has 2 rings (SSSR count). The maximum Gasteiger partial charge on any atom is 0.139 e. The predicted molar refractivity (Wildman–Crippen MR) is 91.8 cm³/mol. The minimum Gasteiger partial charge on any atom is -0.370 e. The fourth-order valence-corrected chi connectivity index (χ4v) is 2.61. The Kier molecular flexibility index (Phi) is 5.44. The number of nitrogens with zero attached hydrogens (tertiary/aromatic N) is 2. The van der Waals surface area contributed by atoms with Crippen molar-refractivity contribution in [3.63, 3.8) is 0 Å². The normalized spacial score (nSPS) is 10.5. The maximum atomic E-state index is 4.63. The fraction of sp³-hybridized carbons (Fsp3) is 0.375. The first-order valence-corrected chi connectivity index (χ1v) is 8.43. The Morgan fingerprint density at radius 1 is 1.10 bits per heavy atom. The summed E-state index contributed by atoms with van der Waals surface area (Å²) < 4.78 is 0. The molecule has 1 heterocycles. The van der Waals surface area contributed by atoms with Gasteiger partial charge in [-0.25, -0.2) is 9.97 Å². The molecule has 112 valence electrons. The number of rotatable bonds is 6. The van der Waals surface area contributed by atoms with Crippen LogP contribution in [0.5, 0.6) is 0 Å². The molecule has 2 N–H and O–H groups in total. The molecule has 0 radical (unpaired) electrons. The first-order chi connectivity index (χ1) is 10.2. The average molecular weight is 302 g/mol. The van der Waals surface area contributed by atoms with E-state index in [4.69, 9.17) is 0 Å². The van der Waals surface area contributed by atoms with Crippen molar-refractivity contribution in [1.29, 1.82) is 0 Å². The lowest BCUT2D eigenvalue weighted by Gasteiger charge is -2.15. The minimum absolute atomic E-state index is 0.817. The van der Waals surface area contributed by atoms with Gasteiger partial charge in [0.05, 0.1) is 5.69 Å². The molecule has 5 heteroatoms. The Balaban J connectivity index is 2.40. The molecular formula is C16H22N4S. The molecule has 2 aromatic rings. The lowest BCUT2D eigenvalue weighted by molar-refractivity contribution is 0.929. The monoisotopic (exact) mass is 302 g/mol. The van der Waals surface area contributed by atoms with Crippen LogP contribution in [0.3, 0.4) is 0 Å². The van der Waals surface area contributed by atoms with Crippen LogP contribution >= 0.6 is 11.8 Å². The summed E-state index contributed by atoms with van der Waals surface area (Å²) in [6.07, 6.45) is 2.90. The Labute approximate surface area is 130 Å². The van der Waals surface area contributed by atoms with E-state index in [-0.39, 0.29) is 0 Å². The van der Waals surface area contributed by atoms with Gasteiger partial charge in [-0.3, -0.25) is 0 Å². The fourth-order valence-electron chi connectivity index (χ4n) is 2.06. The van der Waals surface area contributed by atoms with Crippen molar-refractivity contribution in [2.24, 2.45) is 0 Å². The summed E-state index contributed by atoms with van der Waals surface area (Å²) in [5, 5.41) is 6.76. The molecule has 0 aliphatic carbocycles. The van der Waals surface area contributed by atoms with E-state index in [0.29, 0.717) is 0 Å². The van der Waals surface area contributed by atoms with Crippen LogP contribution in [0.1, 0.15) is 25.2 Å². The Bertz CT molecular complexity index is 613. The zero-order valence-electron chi connectivity index (χ0n) is 13.0. The van der Waals surface area contributed by atoms with Crippen molar-refractivity contribution in [3.05, 3.63) is 35.7 Å². The number of aryl methyl sites for hydroxylation is 1. The molecule has 0 unspecified atom stereocenters. The van der Waals surface area contributed by atoms with Gasteiger partial charge < -0.3 is 10.6 Å². The van der Waals surface area contributed by atoms with Gasteiger partial charge in [0.15, 0.2) is 0 Å². The summed E-state index contributed by atoms with van der Waals surface area (Å²) in [6.45, 7) is 7.03. The number of nitrogens with one attached hydrogen (secondary N) is 2. The zero-order chi connectivity index (χ0) is 15.2. The van der Waals surface area contributed by atoms with Crippen LogP contribution in [0.15, 0.2) is 29.2 Å². The summed E-state index contributed by atoms with van der Waals surface area (Å²) in [5.74, 6) is 2.63. The summed E-state index contributed by atoms with van der Waals surface area (Å²) in [6, 6.07) is 8.26. The minimum atomic E-state index is 0.817. The van der Waals surface area contributed by atoms with Crippen molar-refractivity contribution < 1.29 is 0 Å². The third kappa shape index (κ3) is 3.67. The molecule has 0 saturated heterocycles. The number of anilines is 3. The van der Waals surface area contributed by atoms with Gasteiger partial charge >= 0.3 is 0 Å². The van der Waals surface area contributed by atoms with E-state index in [0.717, 1.165) is 41.7 Å². The van der Waals surface area contributed by atoms with Gasteiger partial charge in [0.1, 0.15) is 17.5 Å². The van der Waals surface area contributed by atoms with Gasteiger partial charge in [-0.05, 0) is 32.2 Å². The molecule has 0 aliphatic heterocycles. The highest BCUT2D eigenvalue weighted by molar-refractivity contribution is 7.98. The Morgan fingerprint density at radius 2 is 1.81 bits per heavy atom. The summed E-state index contributed by atoms with van der Waals surface area (Å²) in [5.41, 5.74) is 2.13. The van der Waals surface area contributed by atoms with Gasteiger partial charge in [-0.2, -0.15) is 0 Å². The summed E-state index contributed by atoms with van der Waals surface area (Å²) in [4.78, 5) is 10.4. The van der Waals surface area contributed by atoms with Gasteiger partial charge in [0.2, 0.25) is 0 Å². The zero-order valence-corrected chi connectivity index (χ0v) is 13.8. The predicted octanol–water partition coefficient (Wildman–Crippen LogP) is 4.24. The van der Waals surface area contributed by atoms with Gasteiger partial charge in [-0.15, -0.1) is 11.8 Å². The third-order valence-electron chi connectivity index (χ3n) is 3.21. The molecule has 0 fully saturated rings.